The van der Waals surface area contributed by atoms with Crippen LogP contribution in [0.1, 0.15) is 44.5 Å². The van der Waals surface area contributed by atoms with Gasteiger partial charge in [-0.25, -0.2) is 14.5 Å². The fraction of sp³-hybridized carbons (Fsp3) is 0.571. The van der Waals surface area contributed by atoms with Gasteiger partial charge in [-0.3, -0.25) is 4.57 Å². The Hall–Kier alpha value is -2.04. The monoisotopic (exact) mass is 528 g/mol. The summed E-state index contributed by atoms with van der Waals surface area (Å²) >= 11 is 0. The highest BCUT2D eigenvalue weighted by Gasteiger charge is 2.16. The second kappa shape index (κ2) is 12.6. The summed E-state index contributed by atoms with van der Waals surface area (Å²) in [5.41, 5.74) is 1.08. The van der Waals surface area contributed by atoms with Gasteiger partial charge >= 0.3 is 5.69 Å². The zero-order valence-electron chi connectivity index (χ0n) is 17.9. The van der Waals surface area contributed by atoms with Gasteiger partial charge in [0.25, 0.3) is 0 Å². The lowest BCUT2D eigenvalue weighted by Crippen LogP contribution is -2.38. The van der Waals surface area contributed by atoms with E-state index in [1.165, 1.54) is 0 Å². The van der Waals surface area contributed by atoms with Crippen LogP contribution in [0.15, 0.2) is 34.1 Å². The number of para-hydroxylation sites is 1. The first kappa shape index (κ1) is 24.2. The molecule has 0 radical (unpaired) electrons. The average molecular weight is 528 g/mol. The lowest BCUT2D eigenvalue weighted by molar-refractivity contribution is 0.336. The third-order valence-corrected chi connectivity index (χ3v) is 4.89. The highest BCUT2D eigenvalue weighted by molar-refractivity contribution is 14.0. The van der Waals surface area contributed by atoms with Gasteiger partial charge < -0.3 is 15.4 Å². The summed E-state index contributed by atoms with van der Waals surface area (Å²) in [6.07, 6.45) is 3.89. The smallest absolute Gasteiger partial charge is 0.345 e. The average Bonchev–Trinajstić information content (AvgIpc) is 3.06. The normalized spacial score (nSPS) is 13.3. The minimum Gasteiger partial charge on any atom is -0.494 e. The Labute approximate surface area is 195 Å². The first-order chi connectivity index (χ1) is 14.2. The second-order valence-corrected chi connectivity index (χ2v) is 7.05. The number of hydrogen-bond donors (Lipinski definition) is 2. The van der Waals surface area contributed by atoms with Crippen LogP contribution >= 0.6 is 24.0 Å². The first-order valence-electron chi connectivity index (χ1n) is 10.6. The highest BCUT2D eigenvalue weighted by Crippen LogP contribution is 2.18. The van der Waals surface area contributed by atoms with Crippen LogP contribution in [0.5, 0.6) is 5.75 Å². The van der Waals surface area contributed by atoms with Gasteiger partial charge in [-0.05, 0) is 39.2 Å². The second-order valence-electron chi connectivity index (χ2n) is 7.05. The molecule has 0 saturated carbocycles. The van der Waals surface area contributed by atoms with Crippen molar-refractivity contribution in [3.63, 3.8) is 0 Å². The van der Waals surface area contributed by atoms with Crippen LogP contribution in [0.4, 0.5) is 0 Å². The summed E-state index contributed by atoms with van der Waals surface area (Å²) in [5, 5.41) is 11.1. The number of ether oxygens (including phenoxy) is 1. The summed E-state index contributed by atoms with van der Waals surface area (Å²) < 4.78 is 9.09. The molecule has 0 amide bonds. The van der Waals surface area contributed by atoms with Crippen molar-refractivity contribution in [2.24, 2.45) is 4.99 Å². The third kappa shape index (κ3) is 6.48. The zero-order valence-corrected chi connectivity index (χ0v) is 20.2. The maximum atomic E-state index is 12.4. The zero-order chi connectivity index (χ0) is 20.5. The van der Waals surface area contributed by atoms with Crippen LogP contribution in [0.25, 0.3) is 0 Å². The van der Waals surface area contributed by atoms with Crippen molar-refractivity contribution < 1.29 is 4.74 Å². The largest absolute Gasteiger partial charge is 0.494 e. The fourth-order valence-corrected chi connectivity index (χ4v) is 3.47. The van der Waals surface area contributed by atoms with E-state index in [9.17, 15) is 4.79 Å². The van der Waals surface area contributed by atoms with Gasteiger partial charge in [0.2, 0.25) is 0 Å². The van der Waals surface area contributed by atoms with E-state index in [2.05, 4.69) is 20.7 Å². The maximum absolute atomic E-state index is 12.4. The molecular formula is C21H33IN6O2. The molecule has 0 spiro atoms. The van der Waals surface area contributed by atoms with Crippen LogP contribution in [-0.4, -0.2) is 40.0 Å². The van der Waals surface area contributed by atoms with Crippen molar-refractivity contribution >= 4 is 29.9 Å². The summed E-state index contributed by atoms with van der Waals surface area (Å²) in [5.74, 6) is 2.56. The van der Waals surface area contributed by atoms with Crippen molar-refractivity contribution in [3.05, 3.63) is 46.1 Å². The van der Waals surface area contributed by atoms with Crippen molar-refractivity contribution in [2.45, 2.75) is 59.2 Å². The number of guanidine groups is 1. The van der Waals surface area contributed by atoms with Crippen molar-refractivity contribution in [1.29, 1.82) is 0 Å². The lowest BCUT2D eigenvalue weighted by atomic mass is 10.2. The number of aromatic nitrogens is 3. The third-order valence-electron chi connectivity index (χ3n) is 4.89. The van der Waals surface area contributed by atoms with E-state index in [1.54, 1.807) is 4.68 Å². The minimum atomic E-state index is 0. The maximum Gasteiger partial charge on any atom is 0.345 e. The Morgan fingerprint density at radius 2 is 2.07 bits per heavy atom. The topological polar surface area (TPSA) is 85.5 Å². The number of aliphatic imine (C=N–C) groups is 1. The van der Waals surface area contributed by atoms with Crippen LogP contribution in [0, 0.1) is 0 Å². The molecule has 1 aromatic heterocycles. The Balaban J connectivity index is 0.00000320. The van der Waals surface area contributed by atoms with Crippen molar-refractivity contribution in [1.82, 2.24) is 25.0 Å². The number of halogens is 1. The number of aryl methyl sites for hydroxylation is 2. The van der Waals surface area contributed by atoms with Gasteiger partial charge in [-0.2, -0.15) is 5.10 Å². The molecule has 2 heterocycles. The van der Waals surface area contributed by atoms with Gasteiger partial charge in [-0.15, -0.1) is 24.0 Å². The summed E-state index contributed by atoms with van der Waals surface area (Å²) in [4.78, 5) is 17.1. The Bertz CT molecular complexity index is 877. The summed E-state index contributed by atoms with van der Waals surface area (Å²) in [7, 11) is 0. The predicted octanol–water partition coefficient (Wildman–Crippen LogP) is 2.54. The number of fused-ring (bicyclic) bond motifs is 1. The highest BCUT2D eigenvalue weighted by atomic mass is 127. The number of hydrogen-bond acceptors (Lipinski definition) is 4. The molecule has 0 fully saturated rings. The summed E-state index contributed by atoms with van der Waals surface area (Å²) in [6.45, 7) is 8.10. The molecule has 1 aliphatic heterocycles. The van der Waals surface area contributed by atoms with E-state index in [1.807, 2.05) is 42.7 Å². The molecular weight excluding hydrogens is 495 g/mol. The van der Waals surface area contributed by atoms with E-state index >= 15 is 0 Å². The Morgan fingerprint density at radius 3 is 2.83 bits per heavy atom. The predicted molar refractivity (Wildman–Crippen MR) is 130 cm³/mol. The van der Waals surface area contributed by atoms with Gasteiger partial charge in [0.05, 0.1) is 13.2 Å². The van der Waals surface area contributed by atoms with E-state index in [0.29, 0.717) is 26.2 Å². The van der Waals surface area contributed by atoms with Gasteiger partial charge in [0.1, 0.15) is 11.6 Å². The standard InChI is InChI=1S/C21H32N6O2.HI/c1-3-22-20(24-16-17-10-5-6-11-18(17)29-4-2)23-13-9-15-27-21(28)26-14-8-7-12-19(26)25-27;/h5-6,10-11H,3-4,7-9,12-16H2,1-2H3,(H2,22,23,24);1H. The molecule has 2 aromatic rings. The molecule has 0 unspecified atom stereocenters. The Kier molecular flexibility index (Phi) is 10.2. The SMILES string of the molecule is CCNC(=NCc1ccccc1OCC)NCCCn1nc2n(c1=O)CCCC2.I. The van der Waals surface area contributed by atoms with E-state index in [-0.39, 0.29) is 29.7 Å². The van der Waals surface area contributed by atoms with Gasteiger partial charge in [0.15, 0.2) is 5.96 Å². The first-order valence-corrected chi connectivity index (χ1v) is 10.6. The van der Waals surface area contributed by atoms with Crippen LogP contribution in [-0.2, 0) is 26.1 Å². The Morgan fingerprint density at radius 1 is 1.23 bits per heavy atom. The fourth-order valence-electron chi connectivity index (χ4n) is 3.47. The molecule has 0 atom stereocenters. The van der Waals surface area contributed by atoms with Gasteiger partial charge in [-0.1, -0.05) is 18.2 Å². The van der Waals surface area contributed by atoms with Crippen LogP contribution in [0.2, 0.25) is 0 Å². The number of benzene rings is 1. The molecule has 2 N–H and O–H groups in total. The number of nitrogens with zero attached hydrogens (tertiary/aromatic N) is 4. The van der Waals surface area contributed by atoms with Crippen molar-refractivity contribution in [2.75, 3.05) is 19.7 Å². The molecule has 1 aliphatic rings. The quantitative estimate of drug-likeness (QED) is 0.226. The van der Waals surface area contributed by atoms with Gasteiger partial charge in [0, 0.05) is 38.2 Å². The van der Waals surface area contributed by atoms with Crippen molar-refractivity contribution in [3.8, 4) is 5.75 Å². The van der Waals surface area contributed by atoms with Crippen LogP contribution in [0.3, 0.4) is 0 Å². The molecule has 30 heavy (non-hydrogen) atoms. The molecule has 1 aromatic carbocycles. The molecule has 3 rings (SSSR count). The molecule has 0 aliphatic carbocycles. The summed E-state index contributed by atoms with van der Waals surface area (Å²) in [6, 6.07) is 7.97. The molecule has 166 valence electrons. The lowest BCUT2D eigenvalue weighted by Gasteiger charge is -2.12. The molecule has 0 bridgehead atoms. The van der Waals surface area contributed by atoms with E-state index in [4.69, 9.17) is 4.74 Å². The molecule has 0 saturated heterocycles. The molecule has 8 nitrogen and oxygen atoms in total. The minimum absolute atomic E-state index is 0. The van der Waals surface area contributed by atoms with E-state index < -0.39 is 0 Å². The number of rotatable bonds is 9. The van der Waals surface area contributed by atoms with Crippen LogP contribution < -0.4 is 21.1 Å². The molecule has 9 heteroatoms. The number of nitrogens with one attached hydrogen (secondary N) is 2. The van der Waals surface area contributed by atoms with E-state index in [0.717, 1.165) is 61.9 Å².